The molecule has 0 bridgehead atoms. The molecule has 34 valence electrons. The van der Waals surface area contributed by atoms with Gasteiger partial charge in [0.15, 0.2) is 0 Å². The van der Waals surface area contributed by atoms with Gasteiger partial charge in [0, 0.05) is 0 Å². The quantitative estimate of drug-likeness (QED) is 0.510. The molecular formula is O4Pb-6. The van der Waals surface area contributed by atoms with Gasteiger partial charge in [-0.3, -0.25) is 0 Å². The Morgan fingerprint density at radius 3 is 0.400 bits per heavy atom. The fraction of sp³-hybridized carbons (Fsp3) is 0. The first-order chi connectivity index (χ1) is 0. The summed E-state index contributed by atoms with van der Waals surface area (Å²) in [7, 11) is 0. The van der Waals surface area contributed by atoms with Crippen LogP contribution in [-0.4, -0.2) is 27.3 Å². The molecule has 0 spiro atoms. The van der Waals surface area contributed by atoms with E-state index < -0.39 is 0 Å². The zero-order valence-corrected chi connectivity index (χ0v) is 6.02. The second kappa shape index (κ2) is 116. The van der Waals surface area contributed by atoms with Crippen LogP contribution < -0.4 is 0 Å². The Morgan fingerprint density at radius 1 is 0.400 bits per heavy atom. The van der Waals surface area contributed by atoms with Crippen LogP contribution in [0.2, 0.25) is 0 Å². The molecule has 0 rings (SSSR count). The van der Waals surface area contributed by atoms with E-state index in [-0.39, 0.29) is 49.2 Å². The molecule has 5 heavy (non-hydrogen) atoms. The predicted octanol–water partition coefficient (Wildman–Crippen LogP) is -0.856. The average Bonchev–Trinajstić information content (AvgIpc) is 0. The minimum atomic E-state index is 0. The van der Waals surface area contributed by atoms with E-state index in [4.69, 9.17) is 0 Å². The minimum Gasteiger partial charge on any atom is -2.00 e. The molecule has 0 aromatic rings. The van der Waals surface area contributed by atoms with Crippen molar-refractivity contribution in [3.8, 4) is 0 Å². The van der Waals surface area contributed by atoms with Crippen molar-refractivity contribution in [2.24, 2.45) is 0 Å². The van der Waals surface area contributed by atoms with E-state index in [0.717, 1.165) is 0 Å². The second-order valence-electron chi connectivity index (χ2n) is 0. The van der Waals surface area contributed by atoms with E-state index in [1.54, 1.807) is 0 Å². The number of rotatable bonds is 0. The Balaban J connectivity index is 0. The first kappa shape index (κ1) is 225. The Morgan fingerprint density at radius 2 is 0.400 bits per heavy atom. The average molecular weight is 271 g/mol. The van der Waals surface area contributed by atoms with Gasteiger partial charge in [0.25, 0.3) is 0 Å². The van der Waals surface area contributed by atoms with Crippen LogP contribution in [0.4, 0.5) is 0 Å². The molecule has 5 heteroatoms. The van der Waals surface area contributed by atoms with Crippen molar-refractivity contribution in [3.05, 3.63) is 0 Å². The monoisotopic (exact) mass is 272 g/mol. The molecule has 0 unspecified atom stereocenters. The van der Waals surface area contributed by atoms with Gasteiger partial charge in [-0.15, -0.1) is 0 Å². The molecule has 0 saturated carbocycles. The van der Waals surface area contributed by atoms with Gasteiger partial charge in [0.2, 0.25) is 0 Å². The van der Waals surface area contributed by atoms with Crippen LogP contribution in [0.15, 0.2) is 0 Å². The molecule has 0 aromatic heterocycles. The molecule has 2 radical (unpaired) electrons. The maximum Gasteiger partial charge on any atom is 2.00 e. The van der Waals surface area contributed by atoms with Gasteiger partial charge >= 0.3 is 27.3 Å². The fourth-order valence-corrected chi connectivity index (χ4v) is 0. The molecule has 0 N–H and O–H groups in total. The van der Waals surface area contributed by atoms with E-state index in [9.17, 15) is 0 Å². The van der Waals surface area contributed by atoms with Crippen molar-refractivity contribution in [3.63, 3.8) is 0 Å². The van der Waals surface area contributed by atoms with Crippen LogP contribution in [0.5, 0.6) is 0 Å². The van der Waals surface area contributed by atoms with Crippen LogP contribution in [0.1, 0.15) is 0 Å². The predicted molar refractivity (Wildman–Crippen MR) is 8.50 cm³/mol. The summed E-state index contributed by atoms with van der Waals surface area (Å²) in [5.74, 6) is 0. The standard InChI is InChI=1S/4O.Pb/q4*-2;+2. The van der Waals surface area contributed by atoms with Gasteiger partial charge in [-0.1, -0.05) is 0 Å². The zero-order valence-electron chi connectivity index (χ0n) is 2.13. The molecule has 0 aliphatic rings. The van der Waals surface area contributed by atoms with Crippen LogP contribution in [-0.2, 0) is 21.9 Å². The van der Waals surface area contributed by atoms with Crippen LogP contribution >= 0.6 is 0 Å². The van der Waals surface area contributed by atoms with Crippen molar-refractivity contribution in [2.45, 2.75) is 0 Å². The molecule has 0 atom stereocenters. The fourth-order valence-electron chi connectivity index (χ4n) is 0. The van der Waals surface area contributed by atoms with Gasteiger partial charge in [0.05, 0.1) is 0 Å². The first-order valence-electron chi connectivity index (χ1n) is 0. The molecule has 0 fully saturated rings. The summed E-state index contributed by atoms with van der Waals surface area (Å²) >= 11 is 0. The molecule has 0 amide bonds. The van der Waals surface area contributed by atoms with E-state index in [2.05, 4.69) is 0 Å². The maximum absolute atomic E-state index is 0. The summed E-state index contributed by atoms with van der Waals surface area (Å²) in [5, 5.41) is 0. The topological polar surface area (TPSA) is 114 Å². The molecule has 0 heterocycles. The summed E-state index contributed by atoms with van der Waals surface area (Å²) in [6.07, 6.45) is 0. The summed E-state index contributed by atoms with van der Waals surface area (Å²) in [6.45, 7) is 0. The maximum atomic E-state index is 0. The van der Waals surface area contributed by atoms with E-state index in [0.29, 0.717) is 0 Å². The van der Waals surface area contributed by atoms with E-state index in [1.165, 1.54) is 0 Å². The van der Waals surface area contributed by atoms with Gasteiger partial charge in [-0.2, -0.15) is 0 Å². The molecule has 0 aromatic carbocycles. The zero-order chi connectivity index (χ0) is 0. The Labute approximate surface area is 49.6 Å². The SMILES string of the molecule is [O-2].[O-2].[O-2].[O-2].[Pb+2]. The third kappa shape index (κ3) is 62.6. The molecule has 0 aliphatic heterocycles. The second-order valence-corrected chi connectivity index (χ2v) is 0. The smallest absolute Gasteiger partial charge is 2.00 e. The molecule has 4 nitrogen and oxygen atoms in total. The van der Waals surface area contributed by atoms with E-state index >= 15 is 0 Å². The first-order valence-corrected chi connectivity index (χ1v) is 0. The van der Waals surface area contributed by atoms with Crippen molar-refractivity contribution in [1.29, 1.82) is 0 Å². The largest absolute Gasteiger partial charge is 2.00 e. The van der Waals surface area contributed by atoms with Crippen molar-refractivity contribution >= 4 is 27.3 Å². The number of hydrogen-bond acceptors (Lipinski definition) is 0. The van der Waals surface area contributed by atoms with Gasteiger partial charge in [0.1, 0.15) is 0 Å². The Bertz CT molecular complexity index is 3.61. The normalized spacial score (nSPS) is 0. The minimum absolute atomic E-state index is 0. The summed E-state index contributed by atoms with van der Waals surface area (Å²) in [5.41, 5.74) is 0. The molecular weight excluding hydrogens is 271 g/mol. The Hall–Kier alpha value is 0.762. The molecule has 0 aliphatic carbocycles. The van der Waals surface area contributed by atoms with Crippen LogP contribution in [0.3, 0.4) is 0 Å². The molecule has 0 saturated heterocycles. The van der Waals surface area contributed by atoms with Gasteiger partial charge in [-0.25, -0.2) is 0 Å². The van der Waals surface area contributed by atoms with Crippen molar-refractivity contribution in [1.82, 2.24) is 0 Å². The summed E-state index contributed by atoms with van der Waals surface area (Å²) in [6, 6.07) is 0. The van der Waals surface area contributed by atoms with Crippen LogP contribution in [0.25, 0.3) is 0 Å². The van der Waals surface area contributed by atoms with Crippen molar-refractivity contribution in [2.75, 3.05) is 0 Å². The summed E-state index contributed by atoms with van der Waals surface area (Å²) < 4.78 is 0. The third-order valence-electron chi connectivity index (χ3n) is 0. The Kier molecular flexibility index (Phi) is 5220. The van der Waals surface area contributed by atoms with Crippen LogP contribution in [0, 0.1) is 0 Å². The van der Waals surface area contributed by atoms with E-state index in [1.807, 2.05) is 0 Å². The number of hydrogen-bond donors (Lipinski definition) is 0. The third-order valence-corrected chi connectivity index (χ3v) is 0. The van der Waals surface area contributed by atoms with Gasteiger partial charge < -0.3 is 21.9 Å². The van der Waals surface area contributed by atoms with Crippen molar-refractivity contribution < 1.29 is 21.9 Å². The van der Waals surface area contributed by atoms with Gasteiger partial charge in [-0.05, 0) is 0 Å². The summed E-state index contributed by atoms with van der Waals surface area (Å²) in [4.78, 5) is 0.